The number of hydrogen-bond acceptors (Lipinski definition) is 7. The van der Waals surface area contributed by atoms with Crippen molar-refractivity contribution in [3.8, 4) is 0 Å². The Balaban J connectivity index is 2.36. The first-order chi connectivity index (χ1) is 13.9. The van der Waals surface area contributed by atoms with Gasteiger partial charge in [0, 0.05) is 25.7 Å². The summed E-state index contributed by atoms with van der Waals surface area (Å²) in [4.78, 5) is 0.801. The number of alkyl halides is 3. The number of sulfonamides is 1. The largest absolute Gasteiger partial charge is 0.501 e. The predicted molar refractivity (Wildman–Crippen MR) is 106 cm³/mol. The summed E-state index contributed by atoms with van der Waals surface area (Å²) in [6.45, 7) is 5.12. The van der Waals surface area contributed by atoms with Crippen molar-refractivity contribution in [2.24, 2.45) is 0 Å². The van der Waals surface area contributed by atoms with Gasteiger partial charge in [-0.1, -0.05) is 6.92 Å². The third-order valence-corrected chi connectivity index (χ3v) is 7.83. The average molecular weight is 474 g/mol. The number of sulfone groups is 1. The van der Waals surface area contributed by atoms with Crippen LogP contribution in [0.15, 0.2) is 28.0 Å². The molecule has 0 bridgehead atoms. The van der Waals surface area contributed by atoms with Gasteiger partial charge in [0.2, 0.25) is 10.0 Å². The minimum absolute atomic E-state index is 0.336. The first-order valence-corrected chi connectivity index (χ1v) is 12.3. The third kappa shape index (κ3) is 5.84. The molecule has 13 heteroatoms. The van der Waals surface area contributed by atoms with Crippen molar-refractivity contribution in [2.45, 2.75) is 41.1 Å². The van der Waals surface area contributed by atoms with E-state index in [0.717, 1.165) is 32.3 Å². The highest BCUT2D eigenvalue weighted by atomic mass is 32.2. The number of morpholine rings is 1. The highest BCUT2D eigenvalue weighted by Crippen LogP contribution is 2.36. The summed E-state index contributed by atoms with van der Waals surface area (Å²) in [5.41, 5.74) is -5.90. The SMILES string of the molecule is CC[C@@H](CCN1CCOCC1)Nc1cc(S(=O)(=O)NC)ccc1S(=O)(=O)C(F)(F)F. The lowest BCUT2D eigenvalue weighted by molar-refractivity contribution is -0.0435. The van der Waals surface area contributed by atoms with Gasteiger partial charge >= 0.3 is 5.51 Å². The van der Waals surface area contributed by atoms with E-state index in [1.165, 1.54) is 0 Å². The minimum Gasteiger partial charge on any atom is -0.381 e. The molecule has 0 spiro atoms. The highest BCUT2D eigenvalue weighted by molar-refractivity contribution is 7.92. The van der Waals surface area contributed by atoms with Crippen molar-refractivity contribution in [3.63, 3.8) is 0 Å². The molecular weight excluding hydrogens is 447 g/mol. The second-order valence-electron chi connectivity index (χ2n) is 6.81. The van der Waals surface area contributed by atoms with E-state index in [9.17, 15) is 30.0 Å². The molecular formula is C17H26F3N3O5S2. The fraction of sp³-hybridized carbons (Fsp3) is 0.647. The maximum Gasteiger partial charge on any atom is 0.501 e. The van der Waals surface area contributed by atoms with Gasteiger partial charge in [-0.15, -0.1) is 0 Å². The van der Waals surface area contributed by atoms with Crippen molar-refractivity contribution >= 4 is 25.5 Å². The summed E-state index contributed by atoms with van der Waals surface area (Å²) in [6, 6.07) is 2.07. The Hall–Kier alpha value is -1.41. The molecule has 1 heterocycles. The zero-order chi connectivity index (χ0) is 22.6. The summed E-state index contributed by atoms with van der Waals surface area (Å²) in [5, 5.41) is 2.82. The van der Waals surface area contributed by atoms with Crippen LogP contribution in [-0.2, 0) is 24.6 Å². The molecule has 1 aromatic rings. The first kappa shape index (κ1) is 24.9. The summed E-state index contributed by atoms with van der Waals surface area (Å²) < 4.78 is 95.0. The van der Waals surface area contributed by atoms with E-state index in [1.54, 1.807) is 0 Å². The fourth-order valence-corrected chi connectivity index (χ4v) is 4.69. The van der Waals surface area contributed by atoms with Gasteiger partial charge in [0.25, 0.3) is 9.84 Å². The van der Waals surface area contributed by atoms with Crippen LogP contribution in [0.4, 0.5) is 18.9 Å². The number of nitrogens with zero attached hydrogens (tertiary/aromatic N) is 1. The number of benzene rings is 1. The van der Waals surface area contributed by atoms with Crippen molar-refractivity contribution in [1.29, 1.82) is 0 Å². The molecule has 30 heavy (non-hydrogen) atoms. The summed E-state index contributed by atoms with van der Waals surface area (Å²) in [7, 11) is -8.50. The Morgan fingerprint density at radius 3 is 2.33 bits per heavy atom. The molecule has 2 N–H and O–H groups in total. The fourth-order valence-electron chi connectivity index (χ4n) is 3.03. The number of anilines is 1. The number of rotatable bonds is 9. The second kappa shape index (κ2) is 9.81. The van der Waals surface area contributed by atoms with Crippen LogP contribution in [0.2, 0.25) is 0 Å². The molecule has 1 saturated heterocycles. The smallest absolute Gasteiger partial charge is 0.381 e. The maximum atomic E-state index is 13.1. The Morgan fingerprint density at radius 2 is 1.80 bits per heavy atom. The van der Waals surface area contributed by atoms with Gasteiger partial charge in [-0.3, -0.25) is 4.90 Å². The average Bonchev–Trinajstić information content (AvgIpc) is 2.70. The van der Waals surface area contributed by atoms with E-state index in [1.807, 2.05) is 6.92 Å². The van der Waals surface area contributed by atoms with E-state index in [2.05, 4.69) is 14.9 Å². The third-order valence-electron chi connectivity index (χ3n) is 4.87. The van der Waals surface area contributed by atoms with Crippen LogP contribution in [0.1, 0.15) is 19.8 Å². The lowest BCUT2D eigenvalue weighted by Crippen LogP contribution is -2.38. The van der Waals surface area contributed by atoms with Gasteiger partial charge in [0.15, 0.2) is 0 Å². The molecule has 1 aromatic carbocycles. The molecule has 0 amide bonds. The van der Waals surface area contributed by atoms with Crippen LogP contribution in [-0.4, -0.2) is 73.2 Å². The minimum atomic E-state index is -5.67. The molecule has 172 valence electrons. The van der Waals surface area contributed by atoms with Crippen LogP contribution in [0.3, 0.4) is 0 Å². The van der Waals surface area contributed by atoms with Crippen molar-refractivity contribution in [3.05, 3.63) is 18.2 Å². The van der Waals surface area contributed by atoms with E-state index in [0.29, 0.717) is 38.7 Å². The van der Waals surface area contributed by atoms with Gasteiger partial charge < -0.3 is 10.1 Å². The Kier molecular flexibility index (Phi) is 8.13. The van der Waals surface area contributed by atoms with Gasteiger partial charge in [0.1, 0.15) is 0 Å². The van der Waals surface area contributed by atoms with Crippen molar-refractivity contribution < 1.29 is 34.7 Å². The molecule has 0 aliphatic carbocycles. The van der Waals surface area contributed by atoms with Crippen LogP contribution in [0.5, 0.6) is 0 Å². The lowest BCUT2D eigenvalue weighted by Gasteiger charge is -2.29. The number of halogens is 3. The monoisotopic (exact) mass is 473 g/mol. The van der Waals surface area contributed by atoms with Crippen molar-refractivity contribution in [2.75, 3.05) is 45.2 Å². The predicted octanol–water partition coefficient (Wildman–Crippen LogP) is 1.80. The van der Waals surface area contributed by atoms with Crippen LogP contribution < -0.4 is 10.0 Å². The molecule has 1 atom stereocenters. The topological polar surface area (TPSA) is 105 Å². The van der Waals surface area contributed by atoms with Gasteiger partial charge in [-0.2, -0.15) is 13.2 Å². The number of hydrogen-bond donors (Lipinski definition) is 2. The van der Waals surface area contributed by atoms with Crippen molar-refractivity contribution in [1.82, 2.24) is 9.62 Å². The molecule has 0 aromatic heterocycles. The summed E-state index contributed by atoms with van der Waals surface area (Å²) in [5.74, 6) is 0. The molecule has 0 unspecified atom stereocenters. The van der Waals surface area contributed by atoms with E-state index >= 15 is 0 Å². The Morgan fingerprint density at radius 1 is 1.17 bits per heavy atom. The highest BCUT2D eigenvalue weighted by Gasteiger charge is 2.48. The maximum absolute atomic E-state index is 13.1. The van der Waals surface area contributed by atoms with E-state index in [-0.39, 0.29) is 10.9 Å². The second-order valence-corrected chi connectivity index (χ2v) is 10.6. The zero-order valence-electron chi connectivity index (χ0n) is 16.7. The number of nitrogens with one attached hydrogen (secondary N) is 2. The molecule has 1 aliphatic rings. The molecule has 0 radical (unpaired) electrons. The normalized spacial score (nSPS) is 17.6. The van der Waals surface area contributed by atoms with Gasteiger partial charge in [0.05, 0.1) is 28.7 Å². The van der Waals surface area contributed by atoms with Gasteiger partial charge in [-0.05, 0) is 38.1 Å². The van der Waals surface area contributed by atoms with Crippen LogP contribution in [0, 0.1) is 0 Å². The molecule has 1 aliphatic heterocycles. The van der Waals surface area contributed by atoms with E-state index < -0.39 is 36.0 Å². The van der Waals surface area contributed by atoms with Crippen LogP contribution in [0.25, 0.3) is 0 Å². The van der Waals surface area contributed by atoms with E-state index in [4.69, 9.17) is 4.74 Å². The molecule has 0 saturated carbocycles. The van der Waals surface area contributed by atoms with Gasteiger partial charge in [-0.25, -0.2) is 21.6 Å². The molecule has 2 rings (SSSR count). The lowest BCUT2D eigenvalue weighted by atomic mass is 10.1. The first-order valence-electron chi connectivity index (χ1n) is 9.38. The Labute approximate surface area is 174 Å². The summed E-state index contributed by atoms with van der Waals surface area (Å²) >= 11 is 0. The standard InChI is InChI=1S/C17H26F3N3O5S2/c1-3-13(6-7-23-8-10-28-11-9-23)22-15-12-14(30(26,27)21-2)4-5-16(15)29(24,25)17(18,19)20/h4-5,12-13,21-22H,3,6-11H2,1-2H3/t13-/m0/s1. The zero-order valence-corrected chi connectivity index (χ0v) is 18.3. The quantitative estimate of drug-likeness (QED) is 0.564. The molecule has 1 fully saturated rings. The van der Waals surface area contributed by atoms with Crippen LogP contribution >= 0.6 is 0 Å². The number of ether oxygens (including phenoxy) is 1. The Bertz CT molecular complexity index is 930. The molecule has 8 nitrogen and oxygen atoms in total. The summed E-state index contributed by atoms with van der Waals surface area (Å²) in [6.07, 6.45) is 1.03.